The maximum absolute atomic E-state index is 14.1. The fourth-order valence-corrected chi connectivity index (χ4v) is 14.4. The zero-order valence-electron chi connectivity index (χ0n) is 55.0. The molecule has 0 spiro atoms. The van der Waals surface area contributed by atoms with E-state index in [1.165, 1.54) is 0 Å². The first-order valence-electron chi connectivity index (χ1n) is 31.2. The smallest absolute Gasteiger partial charge is 0.326 e. The zero-order valence-corrected chi connectivity index (χ0v) is 55.9. The van der Waals surface area contributed by atoms with Gasteiger partial charge in [-0.1, -0.05) is 41.5 Å². The second kappa shape index (κ2) is 41.9. The summed E-state index contributed by atoms with van der Waals surface area (Å²) in [6, 6.07) is -2.22. The Hall–Kier alpha value is -8.74. The van der Waals surface area contributed by atoms with E-state index in [-0.39, 0.29) is 132 Å². The molecule has 0 bridgehead atoms. The largest absolute Gasteiger partial charge is 0.481 e. The van der Waals surface area contributed by atoms with Crippen LogP contribution in [-0.2, 0) is 62.3 Å². The van der Waals surface area contributed by atoms with E-state index >= 15 is 0 Å². The predicted octanol–water partition coefficient (Wildman–Crippen LogP) is -1.71. The van der Waals surface area contributed by atoms with E-state index in [9.17, 15) is 108 Å². The molecule has 1 heterocycles. The van der Waals surface area contributed by atoms with Crippen molar-refractivity contribution in [3.63, 3.8) is 0 Å². The average molecular weight is 1390 g/mol. The molecule has 0 unspecified atom stereocenters. The van der Waals surface area contributed by atoms with Crippen molar-refractivity contribution < 1.29 is 113 Å². The first kappa shape index (κ1) is 83.4. The number of carbonyl (C=O) groups is 15. The number of hydrogen-bond donors (Lipinski definition) is 17. The van der Waals surface area contributed by atoms with E-state index in [1.807, 2.05) is 22.8 Å². The van der Waals surface area contributed by atoms with E-state index in [0.717, 1.165) is 4.90 Å². The number of nitrogens with zero attached hydrogens (tertiary/aromatic N) is 4. The van der Waals surface area contributed by atoms with Crippen molar-refractivity contribution in [1.29, 1.82) is 0 Å². The third-order valence-corrected chi connectivity index (χ3v) is 18.3. The number of amides is 8. The summed E-state index contributed by atoms with van der Waals surface area (Å²) >= 11 is 0. The monoisotopic (exact) mass is 1380 g/mol. The van der Waals surface area contributed by atoms with Crippen molar-refractivity contribution in [2.45, 2.75) is 157 Å². The summed E-state index contributed by atoms with van der Waals surface area (Å²) in [5.74, 6) is -15.3. The van der Waals surface area contributed by atoms with Crippen LogP contribution in [0.4, 0.5) is 4.79 Å². The van der Waals surface area contributed by atoms with Gasteiger partial charge in [0, 0.05) is 103 Å². The second-order valence-corrected chi connectivity index (χ2v) is 28.8. The molecule has 8 amide bonds. The number of carboxylic acid groups (broad SMARTS) is 8. The first-order chi connectivity index (χ1) is 44.8. The van der Waals surface area contributed by atoms with Gasteiger partial charge in [-0.25, -0.2) is 34.9 Å². The summed E-state index contributed by atoms with van der Waals surface area (Å²) in [4.78, 5) is 193. The number of hydrogen-bond acceptors (Lipinski definition) is 19. The minimum Gasteiger partial charge on any atom is -0.481 e. The van der Waals surface area contributed by atoms with Crippen LogP contribution in [0.5, 0.6) is 0 Å². The molecular weight excluding hydrogens is 1290 g/mol. The van der Waals surface area contributed by atoms with Crippen molar-refractivity contribution in [3.8, 4) is 0 Å². The van der Waals surface area contributed by atoms with Crippen molar-refractivity contribution in [2.75, 3.05) is 98.2 Å². The highest BCUT2D eigenvalue weighted by Gasteiger charge is 2.34. The Bertz CT molecular complexity index is 2810. The fourth-order valence-electron chi connectivity index (χ4n) is 10.4. The number of benzene rings is 1. The first-order valence-corrected chi connectivity index (χ1v) is 32.5. The number of nitrogens with one attached hydrogen (secondary N) is 8. The lowest BCUT2D eigenvalue weighted by Crippen LogP contribution is -2.57. The van der Waals surface area contributed by atoms with E-state index in [1.54, 1.807) is 31.7 Å². The molecule has 0 aromatic heterocycles. The highest BCUT2D eigenvalue weighted by atomic mass is 32.2. The molecule has 540 valence electrons. The summed E-state index contributed by atoms with van der Waals surface area (Å²) in [7, 11) is -0.726. The topological polar surface area (TPSA) is 527 Å². The number of carboxylic acids is 8. The summed E-state index contributed by atoms with van der Waals surface area (Å²) in [6.07, 6.45) is -2.88. The fraction of sp³-hybridized carbons (Fsp3) is 0.650. The molecule has 0 radical (unpaired) electrons. The molecule has 35 nitrogen and oxygen atoms in total. The van der Waals surface area contributed by atoms with Gasteiger partial charge in [-0.2, -0.15) is 0 Å². The van der Waals surface area contributed by atoms with Crippen LogP contribution in [0, 0.1) is 0 Å². The van der Waals surface area contributed by atoms with Gasteiger partial charge in [-0.3, -0.25) is 67.5 Å². The van der Waals surface area contributed by atoms with Crippen molar-refractivity contribution >= 4 is 100 Å². The van der Waals surface area contributed by atoms with Gasteiger partial charge in [0.2, 0.25) is 29.5 Å². The van der Waals surface area contributed by atoms with Gasteiger partial charge in [0.05, 0.1) is 26.2 Å². The SMILES string of the molecule is CC(C)(C)[SH](c1ccc(C(=O)NC[C@@H](NC(=O)CN2CCN(CC(=O)O)CCN(CC(=O)O)CCN(CC(=O)O)CC2)C(=O)N[C@H](CCCCNC(=O)CCC(=O)NCCC[C@@H](NC(=O)CC[C@H](NC(=O)N[C@@H](CCC(=O)O)C(=O)O)C(=O)O)C(=O)O)C(=O)O)cc1)C(C)(C)C. The summed E-state index contributed by atoms with van der Waals surface area (Å²) in [5, 5.41) is 95.2. The normalized spacial score (nSPS) is 15.5. The molecule has 1 aromatic rings. The van der Waals surface area contributed by atoms with Crippen LogP contribution in [0.1, 0.15) is 123 Å². The predicted molar refractivity (Wildman–Crippen MR) is 344 cm³/mol. The third-order valence-electron chi connectivity index (χ3n) is 14.8. The summed E-state index contributed by atoms with van der Waals surface area (Å²) in [6.45, 7) is 11.4. The Labute approximate surface area is 557 Å². The lowest BCUT2D eigenvalue weighted by atomic mass is 10.1. The van der Waals surface area contributed by atoms with E-state index in [2.05, 4.69) is 73.4 Å². The molecule has 5 atom stereocenters. The van der Waals surface area contributed by atoms with Gasteiger partial charge in [0.15, 0.2) is 0 Å². The Morgan fingerprint density at radius 3 is 1.18 bits per heavy atom. The molecule has 1 saturated heterocycles. The molecule has 1 fully saturated rings. The van der Waals surface area contributed by atoms with E-state index in [4.69, 9.17) is 5.11 Å². The molecule has 96 heavy (non-hydrogen) atoms. The van der Waals surface area contributed by atoms with Crippen LogP contribution < -0.4 is 42.5 Å². The van der Waals surface area contributed by atoms with Crippen LogP contribution >= 0.6 is 10.9 Å². The average Bonchev–Trinajstić information content (AvgIpc) is 0.798. The van der Waals surface area contributed by atoms with Crippen LogP contribution in [0.15, 0.2) is 29.2 Å². The molecular formula is C60H96N12O23S. The zero-order chi connectivity index (χ0) is 72.5. The highest BCUT2D eigenvalue weighted by molar-refractivity contribution is 8.19. The Balaban J connectivity index is 2.08. The maximum atomic E-state index is 14.1. The maximum Gasteiger partial charge on any atom is 0.326 e. The van der Waals surface area contributed by atoms with Gasteiger partial charge in [-0.15, -0.1) is 0 Å². The Morgan fingerprint density at radius 2 is 0.771 bits per heavy atom. The molecule has 36 heteroatoms. The highest BCUT2D eigenvalue weighted by Crippen LogP contribution is 2.56. The van der Waals surface area contributed by atoms with Crippen molar-refractivity contribution in [1.82, 2.24) is 62.1 Å². The summed E-state index contributed by atoms with van der Waals surface area (Å²) in [5.41, 5.74) is 0.236. The van der Waals surface area contributed by atoms with Gasteiger partial charge in [0.1, 0.15) is 30.2 Å². The van der Waals surface area contributed by atoms with Crippen molar-refractivity contribution in [2.24, 2.45) is 0 Å². The van der Waals surface area contributed by atoms with Crippen LogP contribution in [-0.4, -0.2) is 288 Å². The molecule has 16 N–H and O–H groups in total. The van der Waals surface area contributed by atoms with Gasteiger partial charge < -0.3 is 83.4 Å². The van der Waals surface area contributed by atoms with E-state index < -0.39 is 182 Å². The summed E-state index contributed by atoms with van der Waals surface area (Å²) < 4.78 is -0.164. The van der Waals surface area contributed by atoms with Gasteiger partial charge in [0.25, 0.3) is 5.91 Å². The van der Waals surface area contributed by atoms with Crippen LogP contribution in [0.2, 0.25) is 0 Å². The molecule has 1 aliphatic heterocycles. The number of carbonyl (C=O) groups excluding carboxylic acids is 7. The molecule has 1 aromatic carbocycles. The third kappa shape index (κ3) is 34.6. The number of rotatable bonds is 40. The molecule has 0 saturated carbocycles. The minimum absolute atomic E-state index is 0.0203. The standard InChI is InChI=1S/C60H96N12O23S/c1-59(2,3)96(60(4,5)6)38-14-12-37(13-15-38)52(85)63-32-43(65-47(76)33-69-24-26-70(34-49(79)80)28-30-72(36-51(83)84)31-29-71(27-25-69)35-50(81)82)53(86)66-40(55(89)90)10-7-8-22-61-44(73)19-20-45(74)62-23-9-11-39(54(87)88)64-46(75)18-16-41(56(91)92)67-58(95)68-42(57(93)94)17-21-48(77)78/h12-15,39-43,96H,7-11,16-36H2,1-6H3,(H,61,73)(H,62,74)(H,63,85)(H,64,75)(H,65,76)(H,66,86)(H,77,78)(H,79,80)(H,81,82)(H,83,84)(H,87,88)(H,89,90)(H,91,92)(H,93,94)(H2,67,68,95)/t39-,40-,41+,42+,43-/m1/s1. The lowest BCUT2D eigenvalue weighted by molar-refractivity contribution is -0.143. The number of urea groups is 1. The molecule has 0 aliphatic carbocycles. The van der Waals surface area contributed by atoms with Crippen molar-refractivity contribution in [3.05, 3.63) is 29.8 Å². The Morgan fingerprint density at radius 1 is 0.396 bits per heavy atom. The molecule has 2 rings (SSSR count). The minimum atomic E-state index is -1.73. The molecule has 1 aliphatic rings. The number of aliphatic carboxylic acids is 8. The van der Waals surface area contributed by atoms with E-state index in [0.29, 0.717) is 0 Å². The van der Waals surface area contributed by atoms with Gasteiger partial charge in [-0.05, 0) is 83.6 Å². The quantitative estimate of drug-likeness (QED) is 0.0257. The second-order valence-electron chi connectivity index (χ2n) is 24.9. The number of thiol groups is 1. The lowest BCUT2D eigenvalue weighted by Gasteiger charge is -2.45. The Kier molecular flexibility index (Phi) is 36.4. The van der Waals surface area contributed by atoms with Gasteiger partial charge >= 0.3 is 53.8 Å². The van der Waals surface area contributed by atoms with Crippen LogP contribution in [0.3, 0.4) is 0 Å². The van der Waals surface area contributed by atoms with Crippen LogP contribution in [0.25, 0.3) is 0 Å². The number of unbranched alkanes of at least 4 members (excludes halogenated alkanes) is 1.